The van der Waals surface area contributed by atoms with Crippen LogP contribution in [0.25, 0.3) is 16.6 Å². The average Bonchev–Trinajstić information content (AvgIpc) is 2.58. The van der Waals surface area contributed by atoms with Gasteiger partial charge in [-0.15, -0.1) is 0 Å². The molecule has 1 heterocycles. The second kappa shape index (κ2) is 6.18. The third kappa shape index (κ3) is 2.53. The molecule has 2 N–H and O–H groups in total. The third-order valence-corrected chi connectivity index (χ3v) is 3.60. The summed E-state index contributed by atoms with van der Waals surface area (Å²) in [4.78, 5) is 16.9. The molecule has 2 aromatic carbocycles. The van der Waals surface area contributed by atoms with Crippen LogP contribution in [0.4, 0.5) is 8.78 Å². The Morgan fingerprint density at radius 2 is 1.96 bits per heavy atom. The van der Waals surface area contributed by atoms with Crippen molar-refractivity contribution in [3.05, 3.63) is 69.8 Å². The summed E-state index contributed by atoms with van der Waals surface area (Å²) >= 11 is 0. The SMILES string of the molecule is N#Cc1cccc(-n2c(CCN)nc3c(F)ccc(F)c3c2=O)c1. The number of nitrogens with zero attached hydrogens (tertiary/aromatic N) is 3. The maximum atomic E-state index is 14.1. The van der Waals surface area contributed by atoms with Crippen LogP contribution >= 0.6 is 0 Å². The molecular formula is C17H12F2N4O. The van der Waals surface area contributed by atoms with Crippen LogP contribution in [0.15, 0.2) is 41.2 Å². The summed E-state index contributed by atoms with van der Waals surface area (Å²) in [6, 6.07) is 10.0. The molecule has 0 unspecified atom stereocenters. The van der Waals surface area contributed by atoms with Crippen molar-refractivity contribution < 1.29 is 8.78 Å². The highest BCUT2D eigenvalue weighted by Crippen LogP contribution is 2.19. The first-order valence-corrected chi connectivity index (χ1v) is 7.17. The molecule has 0 aliphatic rings. The molecular weight excluding hydrogens is 314 g/mol. The summed E-state index contributed by atoms with van der Waals surface area (Å²) in [6.07, 6.45) is 0.192. The molecule has 3 aromatic rings. The van der Waals surface area contributed by atoms with Gasteiger partial charge in [0.25, 0.3) is 5.56 Å². The van der Waals surface area contributed by atoms with Crippen LogP contribution in [-0.4, -0.2) is 16.1 Å². The van der Waals surface area contributed by atoms with Crippen molar-refractivity contribution in [3.8, 4) is 11.8 Å². The Balaban J connectivity index is 2.44. The first-order chi connectivity index (χ1) is 11.6. The molecule has 7 heteroatoms. The van der Waals surface area contributed by atoms with Gasteiger partial charge >= 0.3 is 0 Å². The van der Waals surface area contributed by atoms with E-state index in [-0.39, 0.29) is 24.3 Å². The summed E-state index contributed by atoms with van der Waals surface area (Å²) < 4.78 is 29.2. The van der Waals surface area contributed by atoms with Crippen molar-refractivity contribution in [1.29, 1.82) is 5.26 Å². The average molecular weight is 326 g/mol. The number of hydrogen-bond donors (Lipinski definition) is 1. The van der Waals surface area contributed by atoms with E-state index in [0.717, 1.165) is 12.1 Å². The van der Waals surface area contributed by atoms with Crippen molar-refractivity contribution in [2.75, 3.05) is 6.54 Å². The second-order valence-corrected chi connectivity index (χ2v) is 5.12. The summed E-state index contributed by atoms with van der Waals surface area (Å²) in [5.74, 6) is -1.43. The topological polar surface area (TPSA) is 84.7 Å². The van der Waals surface area contributed by atoms with E-state index in [2.05, 4.69) is 4.98 Å². The number of nitrogens with two attached hydrogens (primary N) is 1. The summed E-state index contributed by atoms with van der Waals surface area (Å²) in [7, 11) is 0. The van der Waals surface area contributed by atoms with Crippen LogP contribution in [0.1, 0.15) is 11.4 Å². The highest BCUT2D eigenvalue weighted by Gasteiger charge is 2.18. The Bertz CT molecular complexity index is 1040. The Labute approximate surface area is 135 Å². The van der Waals surface area contributed by atoms with Gasteiger partial charge in [-0.3, -0.25) is 9.36 Å². The quantitative estimate of drug-likeness (QED) is 0.798. The number of benzene rings is 2. The molecule has 0 fully saturated rings. The lowest BCUT2D eigenvalue weighted by Gasteiger charge is -2.14. The molecule has 0 aliphatic carbocycles. The van der Waals surface area contributed by atoms with Gasteiger partial charge in [-0.1, -0.05) is 6.07 Å². The van der Waals surface area contributed by atoms with E-state index in [9.17, 15) is 13.6 Å². The molecule has 0 radical (unpaired) electrons. The molecule has 1 aromatic heterocycles. The Hall–Kier alpha value is -3.11. The van der Waals surface area contributed by atoms with Crippen LogP contribution < -0.4 is 11.3 Å². The Kier molecular flexibility index (Phi) is 4.06. The first-order valence-electron chi connectivity index (χ1n) is 7.17. The van der Waals surface area contributed by atoms with Crippen LogP contribution in [0, 0.1) is 23.0 Å². The van der Waals surface area contributed by atoms with Gasteiger partial charge in [-0.05, 0) is 36.9 Å². The van der Waals surface area contributed by atoms with E-state index in [0.29, 0.717) is 11.3 Å². The van der Waals surface area contributed by atoms with Gasteiger partial charge in [-0.25, -0.2) is 13.8 Å². The van der Waals surface area contributed by atoms with Gasteiger partial charge in [0.1, 0.15) is 28.4 Å². The van der Waals surface area contributed by atoms with Crippen LogP contribution in [0.5, 0.6) is 0 Å². The fourth-order valence-electron chi connectivity index (χ4n) is 2.54. The predicted molar refractivity (Wildman–Crippen MR) is 84.7 cm³/mol. The molecule has 0 amide bonds. The minimum absolute atomic E-state index is 0.173. The molecule has 0 spiro atoms. The lowest BCUT2D eigenvalue weighted by atomic mass is 10.1. The molecule has 3 rings (SSSR count). The van der Waals surface area contributed by atoms with Crippen molar-refractivity contribution in [1.82, 2.24) is 9.55 Å². The molecule has 24 heavy (non-hydrogen) atoms. The third-order valence-electron chi connectivity index (χ3n) is 3.60. The van der Waals surface area contributed by atoms with Gasteiger partial charge in [0, 0.05) is 6.42 Å². The highest BCUT2D eigenvalue weighted by atomic mass is 19.1. The monoisotopic (exact) mass is 326 g/mol. The van der Waals surface area contributed by atoms with Crippen molar-refractivity contribution >= 4 is 10.9 Å². The normalized spacial score (nSPS) is 10.8. The van der Waals surface area contributed by atoms with E-state index >= 15 is 0 Å². The van der Waals surface area contributed by atoms with Crippen molar-refractivity contribution in [3.63, 3.8) is 0 Å². The van der Waals surface area contributed by atoms with Gasteiger partial charge in [0.05, 0.1) is 17.3 Å². The standard InChI is InChI=1S/C17H12F2N4O/c18-12-4-5-13(19)16-15(12)17(24)23(14(22-16)6-7-20)11-3-1-2-10(8-11)9-21/h1-5,8H,6-7,20H2. The van der Waals surface area contributed by atoms with Crippen LogP contribution in [0.2, 0.25) is 0 Å². The Morgan fingerprint density at radius 1 is 1.21 bits per heavy atom. The molecule has 120 valence electrons. The molecule has 0 saturated heterocycles. The van der Waals surface area contributed by atoms with Crippen molar-refractivity contribution in [2.45, 2.75) is 6.42 Å². The lowest BCUT2D eigenvalue weighted by Crippen LogP contribution is -2.26. The molecule has 0 atom stereocenters. The summed E-state index contributed by atoms with van der Waals surface area (Å²) in [6.45, 7) is 0.173. The highest BCUT2D eigenvalue weighted by molar-refractivity contribution is 5.79. The number of hydrogen-bond acceptors (Lipinski definition) is 4. The smallest absolute Gasteiger partial charge is 0.269 e. The number of halogens is 2. The maximum Gasteiger partial charge on any atom is 0.269 e. The van der Waals surface area contributed by atoms with Gasteiger partial charge in [0.15, 0.2) is 0 Å². The Morgan fingerprint density at radius 3 is 2.67 bits per heavy atom. The largest absolute Gasteiger partial charge is 0.330 e. The van der Waals surface area contributed by atoms with E-state index in [1.54, 1.807) is 18.2 Å². The zero-order valence-corrected chi connectivity index (χ0v) is 12.5. The second-order valence-electron chi connectivity index (χ2n) is 5.12. The number of rotatable bonds is 3. The fraction of sp³-hybridized carbons (Fsp3) is 0.118. The zero-order chi connectivity index (χ0) is 17.3. The molecule has 5 nitrogen and oxygen atoms in total. The molecule has 0 saturated carbocycles. The predicted octanol–water partition coefficient (Wildman–Crippen LogP) is 2.04. The number of aromatic nitrogens is 2. The minimum atomic E-state index is -0.853. The summed E-state index contributed by atoms with van der Waals surface area (Å²) in [5.41, 5.74) is 5.17. The minimum Gasteiger partial charge on any atom is -0.330 e. The van der Waals surface area contributed by atoms with Crippen LogP contribution in [-0.2, 0) is 6.42 Å². The van der Waals surface area contributed by atoms with E-state index in [1.165, 1.54) is 10.6 Å². The van der Waals surface area contributed by atoms with E-state index in [4.69, 9.17) is 11.0 Å². The van der Waals surface area contributed by atoms with E-state index < -0.39 is 22.6 Å². The van der Waals surface area contributed by atoms with Gasteiger partial charge in [-0.2, -0.15) is 5.26 Å². The van der Waals surface area contributed by atoms with Gasteiger partial charge in [0.2, 0.25) is 0 Å². The first kappa shape index (κ1) is 15.8. The van der Waals surface area contributed by atoms with Crippen LogP contribution in [0.3, 0.4) is 0 Å². The molecule has 0 aliphatic heterocycles. The van der Waals surface area contributed by atoms with Crippen molar-refractivity contribution in [2.24, 2.45) is 5.73 Å². The fourth-order valence-corrected chi connectivity index (χ4v) is 2.54. The lowest BCUT2D eigenvalue weighted by molar-refractivity contribution is 0.610. The number of fused-ring (bicyclic) bond motifs is 1. The van der Waals surface area contributed by atoms with E-state index in [1.807, 2.05) is 6.07 Å². The zero-order valence-electron chi connectivity index (χ0n) is 12.5. The summed E-state index contributed by atoms with van der Waals surface area (Å²) in [5, 5.41) is 8.59. The molecule has 0 bridgehead atoms. The maximum absolute atomic E-state index is 14.1. The van der Waals surface area contributed by atoms with Gasteiger partial charge < -0.3 is 5.73 Å². The number of nitriles is 1.